The van der Waals surface area contributed by atoms with E-state index in [1.165, 1.54) is 23.9 Å². The third-order valence-electron chi connectivity index (χ3n) is 3.67. The van der Waals surface area contributed by atoms with Crippen molar-refractivity contribution in [3.05, 3.63) is 54.3 Å². The van der Waals surface area contributed by atoms with Crippen LogP contribution in [0, 0.1) is 5.82 Å². The van der Waals surface area contributed by atoms with Gasteiger partial charge in [0.05, 0.1) is 10.9 Å². The van der Waals surface area contributed by atoms with E-state index in [9.17, 15) is 14.0 Å². The smallest absolute Gasteiger partial charge is 0.237 e. The number of halogens is 1. The van der Waals surface area contributed by atoms with E-state index in [0.29, 0.717) is 18.5 Å². The number of rotatable bonds is 8. The van der Waals surface area contributed by atoms with Crippen molar-refractivity contribution in [2.75, 3.05) is 10.6 Å². The summed E-state index contributed by atoms with van der Waals surface area (Å²) in [6.45, 7) is 3.86. The predicted octanol–water partition coefficient (Wildman–Crippen LogP) is 5.07. The van der Waals surface area contributed by atoms with Crippen molar-refractivity contribution in [1.29, 1.82) is 0 Å². The average Bonchev–Trinajstić information content (AvgIpc) is 2.62. The quantitative estimate of drug-likeness (QED) is 0.634. The first-order chi connectivity index (χ1) is 12.5. The van der Waals surface area contributed by atoms with E-state index in [0.717, 1.165) is 11.3 Å². The van der Waals surface area contributed by atoms with E-state index in [-0.39, 0.29) is 22.8 Å². The molecular weight excluding hydrogens is 351 g/mol. The largest absolute Gasteiger partial charge is 0.326 e. The predicted molar refractivity (Wildman–Crippen MR) is 105 cm³/mol. The van der Waals surface area contributed by atoms with Gasteiger partial charge in [0.15, 0.2) is 0 Å². The summed E-state index contributed by atoms with van der Waals surface area (Å²) in [6.07, 6.45) is 1.85. The Balaban J connectivity index is 2.04. The highest BCUT2D eigenvalue weighted by Gasteiger charge is 2.19. The molecule has 0 aliphatic heterocycles. The molecule has 26 heavy (non-hydrogen) atoms. The molecule has 2 aromatic carbocycles. The number of hydrogen-bond donors (Lipinski definition) is 2. The molecule has 2 N–H and O–H groups in total. The van der Waals surface area contributed by atoms with Crippen LogP contribution in [0.4, 0.5) is 15.8 Å². The fourth-order valence-electron chi connectivity index (χ4n) is 2.36. The molecule has 0 saturated heterocycles. The normalized spacial score (nSPS) is 11.7. The second-order valence-electron chi connectivity index (χ2n) is 5.81. The van der Waals surface area contributed by atoms with Crippen LogP contribution in [0.3, 0.4) is 0 Å². The zero-order valence-electron chi connectivity index (χ0n) is 14.9. The summed E-state index contributed by atoms with van der Waals surface area (Å²) in [4.78, 5) is 25.1. The van der Waals surface area contributed by atoms with Crippen LogP contribution in [0.2, 0.25) is 0 Å². The number of para-hydroxylation sites is 1. The Morgan fingerprint density at radius 3 is 2.54 bits per heavy atom. The van der Waals surface area contributed by atoms with Gasteiger partial charge in [-0.3, -0.25) is 9.59 Å². The summed E-state index contributed by atoms with van der Waals surface area (Å²) >= 11 is 1.39. The Morgan fingerprint density at radius 2 is 1.85 bits per heavy atom. The summed E-state index contributed by atoms with van der Waals surface area (Å²) in [5.41, 5.74) is 0.884. The van der Waals surface area contributed by atoms with Gasteiger partial charge in [-0.2, -0.15) is 0 Å². The number of anilines is 2. The SMILES string of the molecule is CCCC(=O)Nc1cccc(SC(CC)C(=O)Nc2ccccc2F)c1. The molecule has 0 aliphatic rings. The van der Waals surface area contributed by atoms with Crippen molar-refractivity contribution in [2.24, 2.45) is 0 Å². The third-order valence-corrected chi connectivity index (χ3v) is 5.03. The van der Waals surface area contributed by atoms with Gasteiger partial charge in [-0.1, -0.05) is 32.0 Å². The molecule has 4 nitrogen and oxygen atoms in total. The maximum Gasteiger partial charge on any atom is 0.237 e. The van der Waals surface area contributed by atoms with Crippen LogP contribution >= 0.6 is 11.8 Å². The number of hydrogen-bond acceptors (Lipinski definition) is 3. The molecule has 2 aromatic rings. The molecule has 0 aliphatic carbocycles. The van der Waals surface area contributed by atoms with Crippen LogP contribution in [-0.2, 0) is 9.59 Å². The van der Waals surface area contributed by atoms with E-state index in [2.05, 4.69) is 10.6 Å². The van der Waals surface area contributed by atoms with Gasteiger partial charge in [-0.05, 0) is 43.2 Å². The van der Waals surface area contributed by atoms with Crippen LogP contribution in [-0.4, -0.2) is 17.1 Å². The van der Waals surface area contributed by atoms with Gasteiger partial charge in [0, 0.05) is 17.0 Å². The molecule has 1 unspecified atom stereocenters. The monoisotopic (exact) mass is 374 g/mol. The molecular formula is C20H23FN2O2S. The summed E-state index contributed by atoms with van der Waals surface area (Å²) in [6, 6.07) is 13.5. The van der Waals surface area contributed by atoms with E-state index in [1.807, 2.05) is 38.1 Å². The van der Waals surface area contributed by atoms with Gasteiger partial charge >= 0.3 is 0 Å². The maximum absolute atomic E-state index is 13.7. The molecule has 6 heteroatoms. The Labute approximate surface area is 157 Å². The summed E-state index contributed by atoms with van der Waals surface area (Å²) in [7, 11) is 0. The zero-order valence-corrected chi connectivity index (χ0v) is 15.7. The van der Waals surface area contributed by atoms with E-state index in [4.69, 9.17) is 0 Å². The van der Waals surface area contributed by atoms with Gasteiger partial charge in [0.1, 0.15) is 5.82 Å². The van der Waals surface area contributed by atoms with E-state index >= 15 is 0 Å². The van der Waals surface area contributed by atoms with E-state index in [1.54, 1.807) is 12.1 Å². The summed E-state index contributed by atoms with van der Waals surface area (Å²) in [5.74, 6) is -0.733. The van der Waals surface area contributed by atoms with Crippen LogP contribution in [0.1, 0.15) is 33.1 Å². The number of benzene rings is 2. The number of carbonyl (C=O) groups is 2. The second kappa shape index (κ2) is 9.97. The molecule has 2 rings (SSSR count). The topological polar surface area (TPSA) is 58.2 Å². The standard InChI is InChI=1S/C20H23FN2O2S/c1-3-8-19(24)22-14-9-7-10-15(13-14)26-18(4-2)20(25)23-17-12-6-5-11-16(17)21/h5-7,9-13,18H,3-4,8H2,1-2H3,(H,22,24)(H,23,25). The minimum Gasteiger partial charge on any atom is -0.326 e. The average molecular weight is 374 g/mol. The molecule has 0 bridgehead atoms. The Bertz CT molecular complexity index is 767. The Hall–Kier alpha value is -2.34. The first-order valence-electron chi connectivity index (χ1n) is 8.65. The number of carbonyl (C=O) groups excluding carboxylic acids is 2. The first kappa shape index (κ1) is 20.0. The number of amides is 2. The summed E-state index contributed by atoms with van der Waals surface area (Å²) in [5, 5.41) is 5.12. The van der Waals surface area contributed by atoms with Gasteiger partial charge in [-0.15, -0.1) is 11.8 Å². The molecule has 0 radical (unpaired) electrons. The maximum atomic E-state index is 13.7. The molecule has 0 aromatic heterocycles. The molecule has 0 heterocycles. The Morgan fingerprint density at radius 1 is 1.08 bits per heavy atom. The summed E-state index contributed by atoms with van der Waals surface area (Å²) < 4.78 is 13.7. The zero-order chi connectivity index (χ0) is 18.9. The van der Waals surface area contributed by atoms with Crippen LogP contribution in [0.15, 0.2) is 53.4 Å². The van der Waals surface area contributed by atoms with Gasteiger partial charge in [-0.25, -0.2) is 4.39 Å². The highest BCUT2D eigenvalue weighted by Crippen LogP contribution is 2.29. The van der Waals surface area contributed by atoms with Crippen molar-refractivity contribution in [1.82, 2.24) is 0 Å². The lowest BCUT2D eigenvalue weighted by Gasteiger charge is -2.15. The van der Waals surface area contributed by atoms with Gasteiger partial charge in [0.25, 0.3) is 0 Å². The lowest BCUT2D eigenvalue weighted by atomic mass is 10.2. The molecule has 0 spiro atoms. The first-order valence-corrected chi connectivity index (χ1v) is 9.53. The highest BCUT2D eigenvalue weighted by atomic mass is 32.2. The lowest BCUT2D eigenvalue weighted by molar-refractivity contribution is -0.116. The highest BCUT2D eigenvalue weighted by molar-refractivity contribution is 8.00. The minimum absolute atomic E-state index is 0.0287. The lowest BCUT2D eigenvalue weighted by Crippen LogP contribution is -2.25. The molecule has 1 atom stereocenters. The molecule has 0 fully saturated rings. The molecule has 138 valence electrons. The van der Waals surface area contributed by atoms with Crippen molar-refractivity contribution in [2.45, 2.75) is 43.3 Å². The Kier molecular flexibility index (Phi) is 7.66. The van der Waals surface area contributed by atoms with Crippen LogP contribution < -0.4 is 10.6 Å². The fourth-order valence-corrected chi connectivity index (χ4v) is 3.37. The molecule has 2 amide bonds. The van der Waals surface area contributed by atoms with Gasteiger partial charge < -0.3 is 10.6 Å². The van der Waals surface area contributed by atoms with E-state index < -0.39 is 5.82 Å². The number of nitrogens with one attached hydrogen (secondary N) is 2. The van der Waals surface area contributed by atoms with Crippen molar-refractivity contribution in [3.63, 3.8) is 0 Å². The molecule has 0 saturated carbocycles. The van der Waals surface area contributed by atoms with Gasteiger partial charge in [0.2, 0.25) is 11.8 Å². The third kappa shape index (κ3) is 5.88. The second-order valence-corrected chi connectivity index (χ2v) is 7.09. The fraction of sp³-hybridized carbons (Fsp3) is 0.300. The van der Waals surface area contributed by atoms with Crippen molar-refractivity contribution in [3.8, 4) is 0 Å². The van der Waals surface area contributed by atoms with Crippen molar-refractivity contribution >= 4 is 35.0 Å². The van der Waals surface area contributed by atoms with Crippen LogP contribution in [0.25, 0.3) is 0 Å². The number of thioether (sulfide) groups is 1. The van der Waals surface area contributed by atoms with Crippen molar-refractivity contribution < 1.29 is 14.0 Å². The minimum atomic E-state index is -0.457. The van der Waals surface area contributed by atoms with Crippen LogP contribution in [0.5, 0.6) is 0 Å².